The zero-order valence-corrected chi connectivity index (χ0v) is 15.2. The van der Waals surface area contributed by atoms with Crippen LogP contribution in [0, 0.1) is 5.92 Å². The molecule has 0 aromatic rings. The molecule has 1 atom stereocenters. The molecule has 1 saturated heterocycles. The van der Waals surface area contributed by atoms with Crippen LogP contribution in [0.1, 0.15) is 66.7 Å². The van der Waals surface area contributed by atoms with Crippen LogP contribution in [-0.4, -0.2) is 54.1 Å². The first-order valence-corrected chi connectivity index (χ1v) is 9.18. The van der Waals surface area contributed by atoms with Crippen LogP contribution in [0.3, 0.4) is 0 Å². The maximum atomic E-state index is 6.29. The van der Waals surface area contributed by atoms with E-state index < -0.39 is 0 Å². The van der Waals surface area contributed by atoms with Crippen LogP contribution < -0.4 is 5.73 Å². The third-order valence-corrected chi connectivity index (χ3v) is 5.27. The molecule has 126 valence electrons. The van der Waals surface area contributed by atoms with E-state index in [-0.39, 0.29) is 5.54 Å². The summed E-state index contributed by atoms with van der Waals surface area (Å²) in [6, 6.07) is 0.650. The molecule has 2 N–H and O–H groups in total. The van der Waals surface area contributed by atoms with Crippen LogP contribution in [0.2, 0.25) is 0 Å². The van der Waals surface area contributed by atoms with Gasteiger partial charge in [-0.25, -0.2) is 0 Å². The SMILES string of the molecule is CCCCN(C(C)CC)C1(CN)CCN(CC(C)C)CC1. The predicted molar refractivity (Wildman–Crippen MR) is 93.7 cm³/mol. The van der Waals surface area contributed by atoms with Crippen molar-refractivity contribution in [2.45, 2.75) is 78.3 Å². The van der Waals surface area contributed by atoms with Crippen molar-refractivity contribution in [1.29, 1.82) is 0 Å². The fourth-order valence-electron chi connectivity index (χ4n) is 3.75. The Hall–Kier alpha value is -0.120. The summed E-state index contributed by atoms with van der Waals surface area (Å²) in [7, 11) is 0. The number of likely N-dealkylation sites (tertiary alicyclic amines) is 1. The van der Waals surface area contributed by atoms with Crippen molar-refractivity contribution in [3.05, 3.63) is 0 Å². The highest BCUT2D eigenvalue weighted by Crippen LogP contribution is 2.31. The Bertz CT molecular complexity index is 270. The van der Waals surface area contributed by atoms with E-state index in [4.69, 9.17) is 5.73 Å². The molecule has 0 amide bonds. The Morgan fingerprint density at radius 1 is 1.14 bits per heavy atom. The summed E-state index contributed by atoms with van der Waals surface area (Å²) in [4.78, 5) is 5.39. The molecule has 1 aliphatic rings. The molecule has 1 fully saturated rings. The van der Waals surface area contributed by atoms with Gasteiger partial charge >= 0.3 is 0 Å². The van der Waals surface area contributed by atoms with Gasteiger partial charge in [-0.2, -0.15) is 0 Å². The first-order valence-electron chi connectivity index (χ1n) is 9.18. The van der Waals surface area contributed by atoms with Gasteiger partial charge in [0.25, 0.3) is 0 Å². The average Bonchev–Trinajstić information content (AvgIpc) is 2.48. The molecule has 1 rings (SSSR count). The van der Waals surface area contributed by atoms with Crippen LogP contribution >= 0.6 is 0 Å². The highest BCUT2D eigenvalue weighted by molar-refractivity contribution is 4.98. The molecule has 0 aromatic heterocycles. The number of rotatable bonds is 9. The van der Waals surface area contributed by atoms with E-state index in [1.807, 2.05) is 0 Å². The number of nitrogens with zero attached hydrogens (tertiary/aromatic N) is 2. The van der Waals surface area contributed by atoms with Crippen LogP contribution in [0.5, 0.6) is 0 Å². The summed E-state index contributed by atoms with van der Waals surface area (Å²) < 4.78 is 0. The van der Waals surface area contributed by atoms with Crippen LogP contribution in [0.15, 0.2) is 0 Å². The minimum absolute atomic E-state index is 0.248. The molecule has 0 aliphatic carbocycles. The lowest BCUT2D eigenvalue weighted by molar-refractivity contribution is -0.00311. The van der Waals surface area contributed by atoms with E-state index in [1.54, 1.807) is 0 Å². The lowest BCUT2D eigenvalue weighted by Crippen LogP contribution is -2.62. The Morgan fingerprint density at radius 3 is 2.19 bits per heavy atom. The summed E-state index contributed by atoms with van der Waals surface area (Å²) >= 11 is 0. The Labute approximate surface area is 133 Å². The minimum Gasteiger partial charge on any atom is -0.329 e. The second-order valence-electron chi connectivity index (χ2n) is 7.43. The molecule has 0 saturated carbocycles. The van der Waals surface area contributed by atoms with Crippen molar-refractivity contribution in [1.82, 2.24) is 9.80 Å². The van der Waals surface area contributed by atoms with E-state index in [1.165, 1.54) is 58.3 Å². The smallest absolute Gasteiger partial charge is 0.0358 e. The van der Waals surface area contributed by atoms with Gasteiger partial charge in [0.2, 0.25) is 0 Å². The zero-order valence-electron chi connectivity index (χ0n) is 15.2. The molecular formula is C18H39N3. The van der Waals surface area contributed by atoms with Gasteiger partial charge in [0.1, 0.15) is 0 Å². The molecule has 0 aromatic carbocycles. The highest BCUT2D eigenvalue weighted by atomic mass is 15.3. The fraction of sp³-hybridized carbons (Fsp3) is 1.00. The normalized spacial score (nSPS) is 21.1. The fourth-order valence-corrected chi connectivity index (χ4v) is 3.75. The molecule has 1 heterocycles. The van der Waals surface area contributed by atoms with Gasteiger partial charge in [-0.05, 0) is 58.2 Å². The summed E-state index contributed by atoms with van der Waals surface area (Å²) in [6.07, 6.45) is 6.27. The minimum atomic E-state index is 0.248. The van der Waals surface area contributed by atoms with Gasteiger partial charge in [0.05, 0.1) is 0 Å². The first-order chi connectivity index (χ1) is 9.99. The van der Waals surface area contributed by atoms with Crippen LogP contribution in [-0.2, 0) is 0 Å². The van der Waals surface area contributed by atoms with E-state index in [0.29, 0.717) is 6.04 Å². The largest absolute Gasteiger partial charge is 0.329 e. The lowest BCUT2D eigenvalue weighted by Gasteiger charge is -2.51. The van der Waals surface area contributed by atoms with Gasteiger partial charge in [0.15, 0.2) is 0 Å². The van der Waals surface area contributed by atoms with Gasteiger partial charge in [-0.15, -0.1) is 0 Å². The second-order valence-corrected chi connectivity index (χ2v) is 7.43. The van der Waals surface area contributed by atoms with Crippen molar-refractivity contribution < 1.29 is 0 Å². The average molecular weight is 298 g/mol. The standard InChI is InChI=1S/C18H39N3/c1-6-8-11-21(17(5)7-2)18(15-19)9-12-20(13-10-18)14-16(3)4/h16-17H,6-15,19H2,1-5H3. The summed E-state index contributed by atoms with van der Waals surface area (Å²) in [6.45, 7) is 17.3. The van der Waals surface area contributed by atoms with E-state index >= 15 is 0 Å². The maximum absolute atomic E-state index is 6.29. The molecule has 21 heavy (non-hydrogen) atoms. The molecule has 3 heteroatoms. The van der Waals surface area contributed by atoms with E-state index in [2.05, 4.69) is 44.4 Å². The van der Waals surface area contributed by atoms with Crippen LogP contribution in [0.4, 0.5) is 0 Å². The third kappa shape index (κ3) is 5.22. The maximum Gasteiger partial charge on any atom is 0.0358 e. The second kappa shape index (κ2) is 9.12. The van der Waals surface area contributed by atoms with E-state index in [0.717, 1.165) is 12.5 Å². The molecule has 1 aliphatic heterocycles. The number of hydrogen-bond acceptors (Lipinski definition) is 3. The Morgan fingerprint density at radius 2 is 1.76 bits per heavy atom. The monoisotopic (exact) mass is 297 g/mol. The summed E-state index contributed by atoms with van der Waals surface area (Å²) in [5.74, 6) is 0.765. The number of piperidine rings is 1. The number of unbranched alkanes of at least 4 members (excludes halogenated alkanes) is 1. The van der Waals surface area contributed by atoms with Gasteiger partial charge in [-0.1, -0.05) is 34.1 Å². The topological polar surface area (TPSA) is 32.5 Å². The lowest BCUT2D eigenvalue weighted by atomic mass is 9.83. The number of hydrogen-bond donors (Lipinski definition) is 1. The Kier molecular flexibility index (Phi) is 8.22. The molecule has 0 spiro atoms. The molecule has 1 unspecified atom stereocenters. The third-order valence-electron chi connectivity index (χ3n) is 5.27. The summed E-state index contributed by atoms with van der Waals surface area (Å²) in [5.41, 5.74) is 6.54. The van der Waals surface area contributed by atoms with Gasteiger partial charge < -0.3 is 10.6 Å². The first kappa shape index (κ1) is 18.9. The molecule has 0 bridgehead atoms. The van der Waals surface area contributed by atoms with Crippen molar-refractivity contribution in [2.75, 3.05) is 32.7 Å². The van der Waals surface area contributed by atoms with Crippen LogP contribution in [0.25, 0.3) is 0 Å². The highest BCUT2D eigenvalue weighted by Gasteiger charge is 2.40. The quantitative estimate of drug-likeness (QED) is 0.708. The molecular weight excluding hydrogens is 258 g/mol. The van der Waals surface area contributed by atoms with Crippen molar-refractivity contribution in [3.63, 3.8) is 0 Å². The van der Waals surface area contributed by atoms with Crippen molar-refractivity contribution in [2.24, 2.45) is 11.7 Å². The zero-order chi connectivity index (χ0) is 15.9. The van der Waals surface area contributed by atoms with Crippen molar-refractivity contribution in [3.8, 4) is 0 Å². The summed E-state index contributed by atoms with van der Waals surface area (Å²) in [5, 5.41) is 0. The van der Waals surface area contributed by atoms with Gasteiger partial charge in [-0.3, -0.25) is 4.90 Å². The molecule has 3 nitrogen and oxygen atoms in total. The predicted octanol–water partition coefficient (Wildman–Crippen LogP) is 3.34. The number of nitrogens with two attached hydrogens (primary N) is 1. The molecule has 0 radical (unpaired) electrons. The van der Waals surface area contributed by atoms with E-state index in [9.17, 15) is 0 Å². The Balaban J connectivity index is 2.73. The van der Waals surface area contributed by atoms with Gasteiger partial charge in [0, 0.05) is 24.7 Å². The van der Waals surface area contributed by atoms with Crippen molar-refractivity contribution >= 4 is 0 Å².